The van der Waals surface area contributed by atoms with Crippen molar-refractivity contribution in [3.05, 3.63) is 93.5 Å². The van der Waals surface area contributed by atoms with Gasteiger partial charge in [0.15, 0.2) is 0 Å². The normalized spacial score (nSPS) is 15.8. The number of H-pyrrole nitrogens is 1. The van der Waals surface area contributed by atoms with Gasteiger partial charge in [0.1, 0.15) is 11.6 Å². The highest BCUT2D eigenvalue weighted by molar-refractivity contribution is 5.57. The predicted octanol–water partition coefficient (Wildman–Crippen LogP) is 3.84. The zero-order valence-corrected chi connectivity index (χ0v) is 15.3. The first-order chi connectivity index (χ1) is 13.1. The highest BCUT2D eigenvalue weighted by Crippen LogP contribution is 2.44. The molecule has 1 atom stereocenters. The largest absolute Gasteiger partial charge is 0.422 e. The number of aryl methyl sites for hydroxylation is 2. The lowest BCUT2D eigenvalue weighted by Gasteiger charge is -2.25. The third kappa shape index (κ3) is 2.96. The lowest BCUT2D eigenvalue weighted by atomic mass is 9.81. The van der Waals surface area contributed by atoms with Crippen molar-refractivity contribution < 1.29 is 4.74 Å². The molecule has 5 heteroatoms. The number of aromatic nitrogens is 2. The second-order valence-electron chi connectivity index (χ2n) is 6.86. The molecule has 0 aliphatic carbocycles. The van der Waals surface area contributed by atoms with E-state index in [1.807, 2.05) is 18.2 Å². The van der Waals surface area contributed by atoms with Crippen molar-refractivity contribution in [2.75, 3.05) is 0 Å². The van der Waals surface area contributed by atoms with Crippen LogP contribution in [0.25, 0.3) is 0 Å². The van der Waals surface area contributed by atoms with Crippen molar-refractivity contribution >= 4 is 0 Å². The van der Waals surface area contributed by atoms with Gasteiger partial charge in [-0.15, -0.1) is 0 Å². The molecule has 3 N–H and O–H groups in total. The van der Waals surface area contributed by atoms with E-state index in [-0.39, 0.29) is 11.8 Å². The molecular formula is C22H20N4O. The molecule has 4 rings (SSSR count). The van der Waals surface area contributed by atoms with Crippen LogP contribution in [0.2, 0.25) is 0 Å². The summed E-state index contributed by atoms with van der Waals surface area (Å²) in [5, 5.41) is 17.2. The molecule has 0 fully saturated rings. The number of aromatic amines is 1. The van der Waals surface area contributed by atoms with Gasteiger partial charge in [0, 0.05) is 6.42 Å². The zero-order valence-electron chi connectivity index (χ0n) is 15.3. The van der Waals surface area contributed by atoms with E-state index < -0.39 is 0 Å². The molecular weight excluding hydrogens is 336 g/mol. The summed E-state index contributed by atoms with van der Waals surface area (Å²) in [6.07, 6.45) is 0.649. The van der Waals surface area contributed by atoms with Gasteiger partial charge in [0.2, 0.25) is 11.8 Å². The van der Waals surface area contributed by atoms with Crippen LogP contribution in [0.3, 0.4) is 0 Å². The number of benzene rings is 2. The third-order valence-electron chi connectivity index (χ3n) is 4.97. The van der Waals surface area contributed by atoms with E-state index in [2.05, 4.69) is 60.4 Å². The summed E-state index contributed by atoms with van der Waals surface area (Å²) >= 11 is 0. The molecule has 3 aromatic rings. The Morgan fingerprint density at radius 1 is 1.19 bits per heavy atom. The molecule has 5 nitrogen and oxygen atoms in total. The molecule has 1 aliphatic rings. The van der Waals surface area contributed by atoms with Crippen LogP contribution >= 0.6 is 0 Å². The molecule has 134 valence electrons. The fourth-order valence-electron chi connectivity index (χ4n) is 3.70. The Morgan fingerprint density at radius 2 is 1.96 bits per heavy atom. The van der Waals surface area contributed by atoms with E-state index in [1.54, 1.807) is 0 Å². The van der Waals surface area contributed by atoms with Gasteiger partial charge in [-0.3, -0.25) is 0 Å². The predicted molar refractivity (Wildman–Crippen MR) is 103 cm³/mol. The topological polar surface area (TPSA) is 87.7 Å². The Labute approximate surface area is 158 Å². The van der Waals surface area contributed by atoms with Crippen LogP contribution in [0.15, 0.2) is 60.0 Å². The van der Waals surface area contributed by atoms with Gasteiger partial charge in [0.05, 0.1) is 17.2 Å². The highest BCUT2D eigenvalue weighted by atomic mass is 16.5. The SMILES string of the molecule is Cc1ccc(C2C(C#N)=C(N)Oc3[nH]nc(Cc4ccccc4)c32)c(C)c1. The first kappa shape index (κ1) is 16.9. The maximum absolute atomic E-state index is 9.78. The number of allylic oxidation sites excluding steroid dienone is 1. The zero-order chi connectivity index (χ0) is 19.0. The molecule has 1 unspecified atom stereocenters. The fraction of sp³-hybridized carbons (Fsp3) is 0.182. The Balaban J connectivity index is 1.88. The Morgan fingerprint density at radius 3 is 2.67 bits per heavy atom. The minimum atomic E-state index is -0.295. The van der Waals surface area contributed by atoms with Crippen LogP contribution in [0.5, 0.6) is 5.88 Å². The third-order valence-corrected chi connectivity index (χ3v) is 4.97. The van der Waals surface area contributed by atoms with Crippen LogP contribution in [0.1, 0.15) is 39.4 Å². The van der Waals surface area contributed by atoms with Gasteiger partial charge in [-0.25, -0.2) is 5.10 Å². The summed E-state index contributed by atoms with van der Waals surface area (Å²) in [6.45, 7) is 4.11. The molecule has 1 aliphatic heterocycles. The highest BCUT2D eigenvalue weighted by Gasteiger charge is 2.35. The number of fused-ring (bicyclic) bond motifs is 1. The fourth-order valence-corrected chi connectivity index (χ4v) is 3.70. The lowest BCUT2D eigenvalue weighted by molar-refractivity contribution is 0.378. The van der Waals surface area contributed by atoms with E-state index in [4.69, 9.17) is 10.5 Å². The number of nitrogens with zero attached hydrogens (tertiary/aromatic N) is 2. The van der Waals surface area contributed by atoms with Gasteiger partial charge in [-0.05, 0) is 30.5 Å². The first-order valence-corrected chi connectivity index (χ1v) is 8.84. The number of nitriles is 1. The van der Waals surface area contributed by atoms with E-state index in [0.717, 1.165) is 27.9 Å². The number of nitrogens with two attached hydrogens (primary N) is 1. The summed E-state index contributed by atoms with van der Waals surface area (Å²) in [7, 11) is 0. The number of hydrogen-bond donors (Lipinski definition) is 2. The van der Waals surface area contributed by atoms with Crippen molar-refractivity contribution in [1.82, 2.24) is 10.2 Å². The van der Waals surface area contributed by atoms with Crippen molar-refractivity contribution in [2.24, 2.45) is 5.73 Å². The van der Waals surface area contributed by atoms with Gasteiger partial charge < -0.3 is 10.5 Å². The second-order valence-corrected chi connectivity index (χ2v) is 6.86. The average molecular weight is 356 g/mol. The van der Waals surface area contributed by atoms with Crippen molar-refractivity contribution in [3.63, 3.8) is 0 Å². The summed E-state index contributed by atoms with van der Waals surface area (Å²) in [4.78, 5) is 0. The van der Waals surface area contributed by atoms with Gasteiger partial charge in [-0.1, -0.05) is 54.1 Å². The molecule has 0 saturated carbocycles. The number of nitrogens with one attached hydrogen (secondary N) is 1. The first-order valence-electron chi connectivity index (χ1n) is 8.84. The second kappa shape index (κ2) is 6.65. The van der Waals surface area contributed by atoms with E-state index in [1.165, 1.54) is 5.56 Å². The van der Waals surface area contributed by atoms with E-state index >= 15 is 0 Å². The lowest BCUT2D eigenvalue weighted by Crippen LogP contribution is -2.22. The average Bonchev–Trinajstić information content (AvgIpc) is 3.04. The van der Waals surface area contributed by atoms with E-state index in [0.29, 0.717) is 17.9 Å². The summed E-state index contributed by atoms with van der Waals surface area (Å²) < 4.78 is 5.69. The van der Waals surface area contributed by atoms with Gasteiger partial charge >= 0.3 is 0 Å². The number of ether oxygens (including phenoxy) is 1. The standard InChI is InChI=1S/C22H20N4O/c1-13-8-9-16(14(2)10-13)19-17(12-23)21(24)27-22-20(19)18(25-26-22)11-15-6-4-3-5-7-15/h3-10,19H,11,24H2,1-2H3,(H,25,26). The Bertz CT molecular complexity index is 1070. The molecule has 0 bridgehead atoms. The molecule has 0 radical (unpaired) electrons. The molecule has 0 amide bonds. The minimum Gasteiger partial charge on any atom is -0.422 e. The van der Waals surface area contributed by atoms with E-state index in [9.17, 15) is 5.26 Å². The Hall–Kier alpha value is -3.52. The summed E-state index contributed by atoms with van der Waals surface area (Å²) in [5.74, 6) is 0.351. The van der Waals surface area contributed by atoms with Crippen LogP contribution in [0.4, 0.5) is 0 Å². The Kier molecular flexibility index (Phi) is 4.17. The maximum atomic E-state index is 9.78. The smallest absolute Gasteiger partial charge is 0.221 e. The van der Waals surface area contributed by atoms with Crippen LogP contribution in [-0.2, 0) is 6.42 Å². The van der Waals surface area contributed by atoms with Crippen molar-refractivity contribution in [2.45, 2.75) is 26.2 Å². The van der Waals surface area contributed by atoms with Crippen molar-refractivity contribution in [1.29, 1.82) is 5.26 Å². The monoisotopic (exact) mass is 356 g/mol. The summed E-state index contributed by atoms with van der Waals surface area (Å²) in [5.41, 5.74) is 12.7. The molecule has 1 aromatic heterocycles. The van der Waals surface area contributed by atoms with Crippen LogP contribution in [0, 0.1) is 25.2 Å². The van der Waals surface area contributed by atoms with Gasteiger partial charge in [-0.2, -0.15) is 10.4 Å². The summed E-state index contributed by atoms with van der Waals surface area (Å²) in [6, 6.07) is 18.6. The molecule has 2 aromatic carbocycles. The quantitative estimate of drug-likeness (QED) is 0.746. The number of hydrogen-bond acceptors (Lipinski definition) is 4. The maximum Gasteiger partial charge on any atom is 0.221 e. The molecule has 2 heterocycles. The molecule has 0 spiro atoms. The van der Waals surface area contributed by atoms with Crippen molar-refractivity contribution in [3.8, 4) is 11.9 Å². The molecule has 27 heavy (non-hydrogen) atoms. The van der Waals surface area contributed by atoms with Crippen LogP contribution in [-0.4, -0.2) is 10.2 Å². The number of rotatable bonds is 3. The molecule has 0 saturated heterocycles. The van der Waals surface area contributed by atoms with Gasteiger partial charge in [0.25, 0.3) is 0 Å². The van der Waals surface area contributed by atoms with Crippen LogP contribution < -0.4 is 10.5 Å². The minimum absolute atomic E-state index is 0.130.